The second-order valence-corrected chi connectivity index (χ2v) is 8.20. The first-order valence-corrected chi connectivity index (χ1v) is 10.8. The number of rotatable bonds is 7. The van der Waals surface area contributed by atoms with Crippen LogP contribution in [0.3, 0.4) is 0 Å². The maximum Gasteiger partial charge on any atom is 0.345 e. The normalized spacial score (nSPS) is 11.0. The van der Waals surface area contributed by atoms with E-state index in [0.717, 1.165) is 10.2 Å². The Balaban J connectivity index is 1.98. The summed E-state index contributed by atoms with van der Waals surface area (Å²) in [5.41, 5.74) is -0.906. The van der Waals surface area contributed by atoms with Gasteiger partial charge >= 0.3 is 11.7 Å². The third-order valence-electron chi connectivity index (χ3n) is 4.33. The predicted molar refractivity (Wildman–Crippen MR) is 122 cm³/mol. The summed E-state index contributed by atoms with van der Waals surface area (Å²) in [5, 5.41) is 12.1. The average molecular weight is 515 g/mol. The number of nitrogens with zero attached hydrogens (tertiary/aromatic N) is 4. The van der Waals surface area contributed by atoms with E-state index in [1.165, 1.54) is 12.1 Å². The standard InChI is InChI=1S/C20H18Cl3N5O5/c1-4-32-15(29)8-28-20(31)24-19(30)16(27-28)10-5-12(21)17(13(22)6-10)33-14-7-11(9(2)3)18(23)26-25-14/h5-7,9H,4,8H2,1-3H3,(H,24,30,31). The lowest BCUT2D eigenvalue weighted by molar-refractivity contribution is -0.144. The van der Waals surface area contributed by atoms with Crippen molar-refractivity contribution in [2.45, 2.75) is 33.2 Å². The number of aromatic nitrogens is 5. The van der Waals surface area contributed by atoms with Gasteiger partial charge in [-0.25, -0.2) is 9.48 Å². The van der Waals surface area contributed by atoms with Gasteiger partial charge in [-0.15, -0.1) is 10.2 Å². The first kappa shape index (κ1) is 24.7. The van der Waals surface area contributed by atoms with E-state index < -0.39 is 23.8 Å². The van der Waals surface area contributed by atoms with Gasteiger partial charge in [0.05, 0.1) is 16.7 Å². The Morgan fingerprint density at radius 3 is 2.39 bits per heavy atom. The van der Waals surface area contributed by atoms with Crippen LogP contribution in [0.1, 0.15) is 32.3 Å². The van der Waals surface area contributed by atoms with Gasteiger partial charge in [0, 0.05) is 11.6 Å². The lowest BCUT2D eigenvalue weighted by Gasteiger charge is -2.13. The Morgan fingerprint density at radius 1 is 1.12 bits per heavy atom. The van der Waals surface area contributed by atoms with Crippen LogP contribution >= 0.6 is 34.8 Å². The van der Waals surface area contributed by atoms with Crippen LogP contribution in [0.5, 0.6) is 11.6 Å². The smallest absolute Gasteiger partial charge is 0.345 e. The van der Waals surface area contributed by atoms with Crippen molar-refractivity contribution in [3.8, 4) is 22.9 Å². The summed E-state index contributed by atoms with van der Waals surface area (Å²) in [6, 6.07) is 4.39. The molecular formula is C20H18Cl3N5O5. The molecule has 0 amide bonds. The molecule has 3 aromatic rings. The fourth-order valence-corrected chi connectivity index (χ4v) is 3.66. The van der Waals surface area contributed by atoms with Crippen LogP contribution in [0.4, 0.5) is 0 Å². The molecule has 13 heteroatoms. The predicted octanol–water partition coefficient (Wildman–Crippen LogP) is 3.83. The van der Waals surface area contributed by atoms with Gasteiger partial charge in [-0.1, -0.05) is 48.7 Å². The molecule has 2 aromatic heterocycles. The summed E-state index contributed by atoms with van der Waals surface area (Å²) in [7, 11) is 0. The quantitative estimate of drug-likeness (QED) is 0.471. The Labute approximate surface area is 202 Å². The highest BCUT2D eigenvalue weighted by Crippen LogP contribution is 2.39. The van der Waals surface area contributed by atoms with E-state index in [2.05, 4.69) is 20.3 Å². The summed E-state index contributed by atoms with van der Waals surface area (Å²) < 4.78 is 11.3. The van der Waals surface area contributed by atoms with Crippen LogP contribution in [0.25, 0.3) is 11.3 Å². The van der Waals surface area contributed by atoms with Crippen LogP contribution in [-0.2, 0) is 16.1 Å². The molecule has 33 heavy (non-hydrogen) atoms. The number of carbonyl (C=O) groups is 1. The zero-order valence-electron chi connectivity index (χ0n) is 17.7. The van der Waals surface area contributed by atoms with Gasteiger partial charge in [0.2, 0.25) is 5.88 Å². The highest BCUT2D eigenvalue weighted by Gasteiger charge is 2.18. The molecule has 0 saturated heterocycles. The van der Waals surface area contributed by atoms with Crippen molar-refractivity contribution in [2.75, 3.05) is 6.61 Å². The number of H-pyrrole nitrogens is 1. The minimum Gasteiger partial charge on any atom is -0.465 e. The molecule has 0 saturated carbocycles. The van der Waals surface area contributed by atoms with E-state index in [4.69, 9.17) is 44.3 Å². The third kappa shape index (κ3) is 5.70. The molecule has 0 aliphatic heterocycles. The topological polar surface area (TPSA) is 129 Å². The number of carbonyl (C=O) groups excluding carboxylic acids is 1. The van der Waals surface area contributed by atoms with Crippen LogP contribution < -0.4 is 16.0 Å². The maximum atomic E-state index is 12.3. The fraction of sp³-hybridized carbons (Fsp3) is 0.300. The van der Waals surface area contributed by atoms with E-state index >= 15 is 0 Å². The highest BCUT2D eigenvalue weighted by molar-refractivity contribution is 6.37. The van der Waals surface area contributed by atoms with Crippen molar-refractivity contribution in [3.63, 3.8) is 0 Å². The second-order valence-electron chi connectivity index (χ2n) is 7.03. The van der Waals surface area contributed by atoms with Gasteiger partial charge < -0.3 is 9.47 Å². The van der Waals surface area contributed by atoms with Crippen LogP contribution in [-0.4, -0.2) is 37.5 Å². The van der Waals surface area contributed by atoms with E-state index in [9.17, 15) is 14.4 Å². The highest BCUT2D eigenvalue weighted by atomic mass is 35.5. The lowest BCUT2D eigenvalue weighted by Crippen LogP contribution is -2.35. The van der Waals surface area contributed by atoms with Crippen molar-refractivity contribution in [1.82, 2.24) is 25.0 Å². The number of hydrogen-bond donors (Lipinski definition) is 1. The third-order valence-corrected chi connectivity index (χ3v) is 5.18. The zero-order valence-corrected chi connectivity index (χ0v) is 20.0. The van der Waals surface area contributed by atoms with Gasteiger partial charge in [-0.05, 0) is 30.5 Å². The molecule has 174 valence electrons. The van der Waals surface area contributed by atoms with E-state index in [-0.39, 0.29) is 50.6 Å². The molecule has 3 rings (SSSR count). The van der Waals surface area contributed by atoms with Crippen LogP contribution in [0.15, 0.2) is 27.8 Å². The molecular weight excluding hydrogens is 497 g/mol. The summed E-state index contributed by atoms with van der Waals surface area (Å²) >= 11 is 18.8. The molecule has 0 unspecified atom stereocenters. The molecule has 0 aliphatic carbocycles. The summed E-state index contributed by atoms with van der Waals surface area (Å²) in [5.74, 6) is -0.412. The first-order chi connectivity index (χ1) is 15.6. The second kappa shape index (κ2) is 10.3. The molecule has 0 radical (unpaired) electrons. The molecule has 1 aromatic carbocycles. The van der Waals surface area contributed by atoms with Crippen molar-refractivity contribution in [1.29, 1.82) is 0 Å². The fourth-order valence-electron chi connectivity index (χ4n) is 2.78. The van der Waals surface area contributed by atoms with Gasteiger partial charge in [0.25, 0.3) is 5.56 Å². The molecule has 1 N–H and O–H groups in total. The molecule has 0 aliphatic rings. The largest absolute Gasteiger partial charge is 0.465 e. The van der Waals surface area contributed by atoms with Gasteiger partial charge in [-0.2, -0.15) is 5.10 Å². The molecule has 0 spiro atoms. The number of hydrogen-bond acceptors (Lipinski definition) is 8. The van der Waals surface area contributed by atoms with Gasteiger partial charge in [0.15, 0.2) is 16.6 Å². The first-order valence-electron chi connectivity index (χ1n) is 9.68. The SMILES string of the molecule is CCOC(=O)Cn1nc(-c2cc(Cl)c(Oc3cc(C(C)C)c(Cl)nn3)c(Cl)c2)c(=O)[nH]c1=O. The summed E-state index contributed by atoms with van der Waals surface area (Å²) in [6.45, 7) is 5.15. The monoisotopic (exact) mass is 513 g/mol. The number of nitrogens with one attached hydrogen (secondary N) is 1. The Morgan fingerprint density at radius 2 is 1.79 bits per heavy atom. The minimum atomic E-state index is -0.865. The van der Waals surface area contributed by atoms with Crippen molar-refractivity contribution in [2.24, 2.45) is 0 Å². The average Bonchev–Trinajstić information content (AvgIpc) is 2.73. The van der Waals surface area contributed by atoms with Gasteiger partial charge in [-0.3, -0.25) is 14.6 Å². The molecule has 2 heterocycles. The molecule has 0 fully saturated rings. The summed E-state index contributed by atoms with van der Waals surface area (Å²) in [4.78, 5) is 38.2. The van der Waals surface area contributed by atoms with Crippen LogP contribution in [0, 0.1) is 0 Å². The maximum absolute atomic E-state index is 12.3. The van der Waals surface area contributed by atoms with E-state index in [1.807, 2.05) is 13.8 Å². The van der Waals surface area contributed by atoms with E-state index in [1.54, 1.807) is 13.0 Å². The molecule has 0 atom stereocenters. The number of esters is 1. The van der Waals surface area contributed by atoms with Crippen molar-refractivity contribution < 1.29 is 14.3 Å². The zero-order chi connectivity index (χ0) is 24.3. The molecule has 10 nitrogen and oxygen atoms in total. The van der Waals surface area contributed by atoms with Crippen molar-refractivity contribution >= 4 is 40.8 Å². The van der Waals surface area contributed by atoms with E-state index in [0.29, 0.717) is 0 Å². The Kier molecular flexibility index (Phi) is 7.72. The van der Waals surface area contributed by atoms with Crippen molar-refractivity contribution in [3.05, 3.63) is 59.8 Å². The number of aromatic amines is 1. The minimum absolute atomic E-state index is 0.0460. The lowest BCUT2D eigenvalue weighted by atomic mass is 10.1. The Hall–Kier alpha value is -2.95. The Bertz CT molecular complexity index is 1300. The summed E-state index contributed by atoms with van der Waals surface area (Å²) in [6.07, 6.45) is 0. The molecule has 0 bridgehead atoms. The number of benzene rings is 1. The number of halogens is 3. The van der Waals surface area contributed by atoms with Crippen LogP contribution in [0.2, 0.25) is 15.2 Å². The number of ether oxygens (including phenoxy) is 2. The van der Waals surface area contributed by atoms with Gasteiger partial charge in [0.1, 0.15) is 6.54 Å².